The van der Waals surface area contributed by atoms with Crippen LogP contribution in [0.15, 0.2) is 12.4 Å². The Morgan fingerprint density at radius 2 is 2.10 bits per heavy atom. The number of anilines is 1. The number of amides is 1. The molecule has 0 unspecified atom stereocenters. The van der Waals surface area contributed by atoms with Crippen LogP contribution in [0.2, 0.25) is 0 Å². The van der Waals surface area contributed by atoms with Crippen molar-refractivity contribution in [1.29, 1.82) is 0 Å². The number of hydrogen-bond acceptors (Lipinski definition) is 6. The van der Waals surface area contributed by atoms with Gasteiger partial charge in [-0.25, -0.2) is 9.97 Å². The van der Waals surface area contributed by atoms with Crippen LogP contribution in [0, 0.1) is 0 Å². The lowest BCUT2D eigenvalue weighted by atomic mass is 10.4. The average Bonchev–Trinajstić information content (AvgIpc) is 3.07. The van der Waals surface area contributed by atoms with Crippen LogP contribution in [0.3, 0.4) is 0 Å². The molecule has 108 valence electrons. The predicted molar refractivity (Wildman–Crippen MR) is 83.6 cm³/mol. The molecule has 0 fully saturated rings. The number of aromatic nitrogens is 2. The van der Waals surface area contributed by atoms with E-state index in [1.165, 1.54) is 11.3 Å². The number of nitrogens with one attached hydrogen (secondary N) is 1. The Balaban J connectivity index is 2.00. The van der Waals surface area contributed by atoms with Gasteiger partial charge in [-0.2, -0.15) is 0 Å². The smallest absolute Gasteiger partial charge is 0.265 e. The van der Waals surface area contributed by atoms with Gasteiger partial charge >= 0.3 is 0 Å². The van der Waals surface area contributed by atoms with Crippen LogP contribution < -0.4 is 5.32 Å². The van der Waals surface area contributed by atoms with E-state index in [-0.39, 0.29) is 5.91 Å². The van der Waals surface area contributed by atoms with Crippen LogP contribution in [0.5, 0.6) is 0 Å². The molecule has 20 heavy (non-hydrogen) atoms. The van der Waals surface area contributed by atoms with Crippen molar-refractivity contribution in [2.45, 2.75) is 26.8 Å². The van der Waals surface area contributed by atoms with E-state index >= 15 is 0 Å². The Morgan fingerprint density at radius 3 is 2.75 bits per heavy atom. The second kappa shape index (κ2) is 6.81. The molecule has 0 spiro atoms. The predicted octanol–water partition coefficient (Wildman–Crippen LogP) is 2.87. The van der Waals surface area contributed by atoms with Crippen molar-refractivity contribution in [2.75, 3.05) is 18.9 Å². The summed E-state index contributed by atoms with van der Waals surface area (Å²) in [6, 6.07) is 0. The minimum atomic E-state index is -0.00176. The van der Waals surface area contributed by atoms with Crippen molar-refractivity contribution in [3.05, 3.63) is 27.2 Å². The fraction of sp³-hybridized carbons (Fsp3) is 0.462. The molecular formula is C13H18N4OS2. The van der Waals surface area contributed by atoms with Gasteiger partial charge in [0.2, 0.25) is 0 Å². The van der Waals surface area contributed by atoms with Crippen molar-refractivity contribution < 1.29 is 4.79 Å². The third-order valence-corrected chi connectivity index (χ3v) is 4.76. The Hall–Kier alpha value is -1.47. The summed E-state index contributed by atoms with van der Waals surface area (Å²) >= 11 is 3.05. The molecule has 1 amide bonds. The highest BCUT2D eigenvalue weighted by Gasteiger charge is 2.16. The molecule has 2 aromatic rings. The summed E-state index contributed by atoms with van der Waals surface area (Å²) in [7, 11) is 1.81. The van der Waals surface area contributed by atoms with Gasteiger partial charge in [0, 0.05) is 24.7 Å². The largest absolute Gasteiger partial charge is 0.362 e. The van der Waals surface area contributed by atoms with Gasteiger partial charge in [0.25, 0.3) is 5.91 Å². The maximum absolute atomic E-state index is 12.3. The van der Waals surface area contributed by atoms with Crippen LogP contribution in [-0.4, -0.2) is 34.4 Å². The fourth-order valence-electron chi connectivity index (χ4n) is 1.68. The van der Waals surface area contributed by atoms with Gasteiger partial charge in [0.15, 0.2) is 5.13 Å². The molecule has 0 saturated heterocycles. The van der Waals surface area contributed by atoms with Crippen LogP contribution in [0.4, 0.5) is 5.13 Å². The first-order valence-corrected chi connectivity index (χ1v) is 8.16. The highest BCUT2D eigenvalue weighted by atomic mass is 32.1. The summed E-state index contributed by atoms with van der Waals surface area (Å²) in [5, 5.41) is 5.00. The molecule has 2 heterocycles. The molecule has 2 aromatic heterocycles. The molecule has 5 nitrogen and oxygen atoms in total. The molecule has 1 N–H and O–H groups in total. The van der Waals surface area contributed by atoms with E-state index in [1.54, 1.807) is 29.5 Å². The van der Waals surface area contributed by atoms with Crippen molar-refractivity contribution in [3.8, 4) is 0 Å². The summed E-state index contributed by atoms with van der Waals surface area (Å²) in [4.78, 5) is 24.3. The Kier molecular flexibility index (Phi) is 5.08. The van der Waals surface area contributed by atoms with Gasteiger partial charge in [-0.3, -0.25) is 4.79 Å². The van der Waals surface area contributed by atoms with E-state index in [4.69, 9.17) is 0 Å². The standard InChI is InChI=1S/C13H18N4OS2/c1-4-11-15-6-9(19-11)8-17(3)12(18)10-7-16-13(20-10)14-5-2/h6-7H,4-5,8H2,1-3H3,(H,14,16). The molecule has 0 aromatic carbocycles. The molecule has 0 saturated carbocycles. The summed E-state index contributed by atoms with van der Waals surface area (Å²) in [6.07, 6.45) is 4.42. The van der Waals surface area contributed by atoms with Crippen LogP contribution >= 0.6 is 22.7 Å². The normalized spacial score (nSPS) is 10.6. The number of rotatable bonds is 6. The molecule has 2 rings (SSSR count). The van der Waals surface area contributed by atoms with Crippen molar-refractivity contribution in [3.63, 3.8) is 0 Å². The molecule has 0 bridgehead atoms. The van der Waals surface area contributed by atoms with Crippen LogP contribution in [0.1, 0.15) is 33.4 Å². The van der Waals surface area contributed by atoms with Crippen LogP contribution in [-0.2, 0) is 13.0 Å². The van der Waals surface area contributed by atoms with E-state index in [9.17, 15) is 4.79 Å². The minimum Gasteiger partial charge on any atom is -0.362 e. The number of nitrogens with zero attached hydrogens (tertiary/aromatic N) is 3. The minimum absolute atomic E-state index is 0.00176. The van der Waals surface area contributed by atoms with Crippen molar-refractivity contribution >= 4 is 33.7 Å². The van der Waals surface area contributed by atoms with E-state index in [0.29, 0.717) is 11.4 Å². The third-order valence-electron chi connectivity index (χ3n) is 2.69. The van der Waals surface area contributed by atoms with E-state index in [2.05, 4.69) is 22.2 Å². The summed E-state index contributed by atoms with van der Waals surface area (Å²) in [5.74, 6) is -0.00176. The lowest BCUT2D eigenvalue weighted by Gasteiger charge is -2.14. The molecule has 0 aliphatic heterocycles. The zero-order chi connectivity index (χ0) is 14.5. The van der Waals surface area contributed by atoms with Gasteiger partial charge in [-0.15, -0.1) is 11.3 Å². The molecule has 0 aliphatic rings. The van der Waals surface area contributed by atoms with E-state index in [1.807, 2.05) is 13.1 Å². The maximum atomic E-state index is 12.3. The number of aryl methyl sites for hydroxylation is 1. The summed E-state index contributed by atoms with van der Waals surface area (Å²) < 4.78 is 0. The van der Waals surface area contributed by atoms with E-state index in [0.717, 1.165) is 28.0 Å². The zero-order valence-electron chi connectivity index (χ0n) is 11.8. The zero-order valence-corrected chi connectivity index (χ0v) is 13.5. The second-order valence-electron chi connectivity index (χ2n) is 4.30. The Morgan fingerprint density at radius 1 is 1.30 bits per heavy atom. The first-order valence-electron chi connectivity index (χ1n) is 6.52. The molecule has 0 radical (unpaired) electrons. The van der Waals surface area contributed by atoms with Gasteiger partial charge in [-0.05, 0) is 13.3 Å². The lowest BCUT2D eigenvalue weighted by molar-refractivity contribution is 0.0791. The first kappa shape index (κ1) is 14.9. The van der Waals surface area contributed by atoms with Gasteiger partial charge in [-0.1, -0.05) is 18.3 Å². The first-order chi connectivity index (χ1) is 9.63. The topological polar surface area (TPSA) is 58.1 Å². The highest BCUT2D eigenvalue weighted by molar-refractivity contribution is 7.17. The SMILES string of the molecule is CCNc1ncc(C(=O)N(C)Cc2cnc(CC)s2)s1. The molecular weight excluding hydrogens is 292 g/mol. The van der Waals surface area contributed by atoms with Gasteiger partial charge < -0.3 is 10.2 Å². The number of carbonyl (C=O) groups excluding carboxylic acids is 1. The summed E-state index contributed by atoms with van der Waals surface area (Å²) in [6.45, 7) is 5.48. The third kappa shape index (κ3) is 3.55. The molecule has 0 atom stereocenters. The van der Waals surface area contributed by atoms with E-state index < -0.39 is 0 Å². The monoisotopic (exact) mass is 310 g/mol. The number of carbonyl (C=O) groups is 1. The quantitative estimate of drug-likeness (QED) is 0.891. The fourth-order valence-corrected chi connectivity index (χ4v) is 3.48. The van der Waals surface area contributed by atoms with Gasteiger partial charge in [0.05, 0.1) is 17.7 Å². The second-order valence-corrected chi connectivity index (χ2v) is 6.53. The average molecular weight is 310 g/mol. The summed E-state index contributed by atoms with van der Waals surface area (Å²) in [5.41, 5.74) is 0. The lowest BCUT2D eigenvalue weighted by Crippen LogP contribution is -2.24. The molecule has 7 heteroatoms. The van der Waals surface area contributed by atoms with Crippen molar-refractivity contribution in [1.82, 2.24) is 14.9 Å². The Bertz CT molecular complexity index is 578. The van der Waals surface area contributed by atoms with Crippen molar-refractivity contribution in [2.24, 2.45) is 0 Å². The van der Waals surface area contributed by atoms with Gasteiger partial charge in [0.1, 0.15) is 4.88 Å². The number of hydrogen-bond donors (Lipinski definition) is 1. The van der Waals surface area contributed by atoms with Crippen LogP contribution in [0.25, 0.3) is 0 Å². The highest BCUT2D eigenvalue weighted by Crippen LogP contribution is 2.21. The number of thiazole rings is 2. The maximum Gasteiger partial charge on any atom is 0.265 e. The Labute approximate surface area is 126 Å². The molecule has 0 aliphatic carbocycles.